The summed E-state index contributed by atoms with van der Waals surface area (Å²) in [5.74, 6) is -0.848. The van der Waals surface area contributed by atoms with Gasteiger partial charge in [-0.2, -0.15) is 5.10 Å². The molecule has 0 saturated carbocycles. The molecule has 0 aliphatic heterocycles. The molecule has 0 saturated heterocycles. The molecule has 0 fully saturated rings. The molecule has 0 radical (unpaired) electrons. The van der Waals surface area contributed by atoms with E-state index >= 15 is 0 Å². The fourth-order valence-electron chi connectivity index (χ4n) is 2.58. The van der Waals surface area contributed by atoms with E-state index in [1.165, 1.54) is 22.9 Å². The zero-order chi connectivity index (χ0) is 20.1. The van der Waals surface area contributed by atoms with Crippen molar-refractivity contribution in [3.05, 3.63) is 80.3 Å². The number of nitrogens with one attached hydrogen (secondary N) is 1. The molecule has 0 aliphatic rings. The van der Waals surface area contributed by atoms with Gasteiger partial charge in [0.15, 0.2) is 0 Å². The van der Waals surface area contributed by atoms with Gasteiger partial charge >= 0.3 is 0 Å². The van der Waals surface area contributed by atoms with E-state index in [1.54, 1.807) is 24.3 Å². The van der Waals surface area contributed by atoms with Crippen LogP contribution in [0.4, 0.5) is 10.1 Å². The smallest absolute Gasteiger partial charge is 0.266 e. The third-order valence-electron chi connectivity index (χ3n) is 3.99. The van der Waals surface area contributed by atoms with Crippen LogP contribution >= 0.6 is 27.5 Å². The second-order valence-electron chi connectivity index (χ2n) is 6.06. The molecule has 3 rings (SSSR count). The number of aryl methyl sites for hydroxylation is 1. The highest BCUT2D eigenvalue weighted by molar-refractivity contribution is 9.10. The molecule has 0 spiro atoms. The molecule has 2 aromatic carbocycles. The summed E-state index contributed by atoms with van der Waals surface area (Å²) in [7, 11) is 0. The zero-order valence-electron chi connectivity index (χ0n) is 14.7. The van der Waals surface area contributed by atoms with Gasteiger partial charge < -0.3 is 5.32 Å². The Balaban J connectivity index is 1.61. The monoisotopic (exact) mass is 463 g/mol. The molecule has 0 aliphatic carbocycles. The minimum Gasteiger partial charge on any atom is -0.324 e. The van der Waals surface area contributed by atoms with E-state index in [4.69, 9.17) is 11.6 Å². The lowest BCUT2D eigenvalue weighted by atomic mass is 10.1. The highest BCUT2D eigenvalue weighted by atomic mass is 79.9. The van der Waals surface area contributed by atoms with Gasteiger partial charge in [-0.1, -0.05) is 39.7 Å². The van der Waals surface area contributed by atoms with Gasteiger partial charge in [0, 0.05) is 34.1 Å². The number of aromatic nitrogens is 2. The van der Waals surface area contributed by atoms with Crippen molar-refractivity contribution in [2.45, 2.75) is 19.4 Å². The molecule has 1 heterocycles. The topological polar surface area (TPSA) is 64.0 Å². The standard InChI is InChI=1S/C20H16BrClFN3O2/c21-14-5-8-18(16(23)12-14)24-19(27)2-1-11-26-20(28)10-9-17(25-26)13-3-6-15(22)7-4-13/h3-10,12H,1-2,11H2,(H,24,27). The van der Waals surface area contributed by atoms with Crippen molar-refractivity contribution in [2.75, 3.05) is 5.32 Å². The van der Waals surface area contributed by atoms with Crippen LogP contribution in [0.5, 0.6) is 0 Å². The minimum atomic E-state index is -0.517. The number of hydrogen-bond acceptors (Lipinski definition) is 3. The zero-order valence-corrected chi connectivity index (χ0v) is 17.0. The Morgan fingerprint density at radius 3 is 2.61 bits per heavy atom. The van der Waals surface area contributed by atoms with Crippen molar-refractivity contribution in [3.8, 4) is 11.3 Å². The van der Waals surface area contributed by atoms with Crippen LogP contribution in [0.25, 0.3) is 11.3 Å². The molecular weight excluding hydrogens is 449 g/mol. The van der Waals surface area contributed by atoms with E-state index < -0.39 is 5.82 Å². The van der Waals surface area contributed by atoms with Crippen LogP contribution in [0.1, 0.15) is 12.8 Å². The van der Waals surface area contributed by atoms with Gasteiger partial charge in [0.2, 0.25) is 5.91 Å². The number of anilines is 1. The average molecular weight is 465 g/mol. The first kappa shape index (κ1) is 20.2. The fourth-order valence-corrected chi connectivity index (χ4v) is 3.04. The van der Waals surface area contributed by atoms with Gasteiger partial charge in [0.25, 0.3) is 5.56 Å². The highest BCUT2D eigenvalue weighted by Gasteiger charge is 2.09. The van der Waals surface area contributed by atoms with Crippen LogP contribution in [-0.2, 0) is 11.3 Å². The van der Waals surface area contributed by atoms with E-state index in [9.17, 15) is 14.0 Å². The lowest BCUT2D eigenvalue weighted by Gasteiger charge is -2.09. The van der Waals surface area contributed by atoms with Gasteiger partial charge in [-0.25, -0.2) is 9.07 Å². The van der Waals surface area contributed by atoms with E-state index in [2.05, 4.69) is 26.3 Å². The highest BCUT2D eigenvalue weighted by Crippen LogP contribution is 2.20. The van der Waals surface area contributed by atoms with Crippen LogP contribution in [0, 0.1) is 5.82 Å². The third-order valence-corrected chi connectivity index (χ3v) is 4.73. The number of amides is 1. The van der Waals surface area contributed by atoms with Crippen molar-refractivity contribution in [1.82, 2.24) is 9.78 Å². The summed E-state index contributed by atoms with van der Waals surface area (Å²) in [5, 5.41) is 7.48. The fraction of sp³-hybridized carbons (Fsp3) is 0.150. The van der Waals surface area contributed by atoms with Crippen LogP contribution < -0.4 is 10.9 Å². The quantitative estimate of drug-likeness (QED) is 0.565. The van der Waals surface area contributed by atoms with Crippen LogP contribution in [0.3, 0.4) is 0 Å². The molecular formula is C20H16BrClFN3O2. The van der Waals surface area contributed by atoms with Gasteiger partial charge in [-0.05, 0) is 42.8 Å². The molecule has 8 heteroatoms. The Hall–Kier alpha value is -2.51. The third kappa shape index (κ3) is 5.27. The predicted molar refractivity (Wildman–Crippen MR) is 111 cm³/mol. The molecule has 0 atom stereocenters. The molecule has 0 bridgehead atoms. The lowest BCUT2D eigenvalue weighted by Crippen LogP contribution is -2.23. The van der Waals surface area contributed by atoms with Crippen LogP contribution in [0.15, 0.2) is 63.9 Å². The average Bonchev–Trinajstić information content (AvgIpc) is 2.66. The molecule has 144 valence electrons. The maximum Gasteiger partial charge on any atom is 0.266 e. The molecule has 28 heavy (non-hydrogen) atoms. The molecule has 1 N–H and O–H groups in total. The molecule has 1 amide bonds. The second-order valence-corrected chi connectivity index (χ2v) is 7.41. The maximum atomic E-state index is 13.8. The number of carbonyl (C=O) groups excluding carboxylic acids is 1. The number of benzene rings is 2. The van der Waals surface area contributed by atoms with Crippen molar-refractivity contribution in [1.29, 1.82) is 0 Å². The van der Waals surface area contributed by atoms with Crippen molar-refractivity contribution in [2.24, 2.45) is 0 Å². The first-order valence-electron chi connectivity index (χ1n) is 8.51. The summed E-state index contributed by atoms with van der Waals surface area (Å²) in [6, 6.07) is 14.6. The van der Waals surface area contributed by atoms with E-state index in [1.807, 2.05) is 12.1 Å². The summed E-state index contributed by atoms with van der Waals surface area (Å²) in [4.78, 5) is 24.1. The molecule has 3 aromatic rings. The Kier molecular flexibility index (Phi) is 6.59. The summed E-state index contributed by atoms with van der Waals surface area (Å²) in [6.45, 7) is 0.274. The predicted octanol–water partition coefficient (Wildman–Crippen LogP) is 4.88. The summed E-state index contributed by atoms with van der Waals surface area (Å²) in [5.41, 5.74) is 1.34. The van der Waals surface area contributed by atoms with Crippen LogP contribution in [-0.4, -0.2) is 15.7 Å². The number of nitrogens with zero attached hydrogens (tertiary/aromatic N) is 2. The lowest BCUT2D eigenvalue weighted by molar-refractivity contribution is -0.116. The first-order valence-corrected chi connectivity index (χ1v) is 9.68. The molecule has 0 unspecified atom stereocenters. The van der Waals surface area contributed by atoms with Gasteiger partial charge in [0.1, 0.15) is 5.82 Å². The minimum absolute atomic E-state index is 0.119. The first-order chi connectivity index (χ1) is 13.4. The molecule has 5 nitrogen and oxygen atoms in total. The van der Waals surface area contributed by atoms with E-state index in [0.29, 0.717) is 21.6 Å². The van der Waals surface area contributed by atoms with Gasteiger partial charge in [0.05, 0.1) is 11.4 Å². The van der Waals surface area contributed by atoms with Gasteiger partial charge in [-0.3, -0.25) is 9.59 Å². The summed E-state index contributed by atoms with van der Waals surface area (Å²) >= 11 is 9.05. The van der Waals surface area contributed by atoms with Crippen molar-refractivity contribution in [3.63, 3.8) is 0 Å². The Morgan fingerprint density at radius 2 is 1.89 bits per heavy atom. The summed E-state index contributed by atoms with van der Waals surface area (Å²) < 4.78 is 15.7. The number of carbonyl (C=O) groups is 1. The number of hydrogen-bond donors (Lipinski definition) is 1. The van der Waals surface area contributed by atoms with Crippen molar-refractivity contribution >= 4 is 39.1 Å². The van der Waals surface area contributed by atoms with E-state index in [-0.39, 0.29) is 30.1 Å². The normalized spacial score (nSPS) is 10.7. The molecule has 1 aromatic heterocycles. The Bertz CT molecular complexity index is 1050. The van der Waals surface area contributed by atoms with E-state index in [0.717, 1.165) is 5.56 Å². The summed E-state index contributed by atoms with van der Waals surface area (Å²) in [6.07, 6.45) is 0.524. The number of rotatable bonds is 6. The second kappa shape index (κ2) is 9.12. The maximum absolute atomic E-state index is 13.8. The van der Waals surface area contributed by atoms with Crippen LogP contribution in [0.2, 0.25) is 5.02 Å². The van der Waals surface area contributed by atoms with Crippen molar-refractivity contribution < 1.29 is 9.18 Å². The largest absolute Gasteiger partial charge is 0.324 e. The SMILES string of the molecule is O=C(CCCn1nc(-c2ccc(Cl)cc2)ccc1=O)Nc1ccc(Br)cc1F. The number of halogens is 3. The Morgan fingerprint density at radius 1 is 1.14 bits per heavy atom. The van der Waals surface area contributed by atoms with Gasteiger partial charge in [-0.15, -0.1) is 0 Å². The Labute approximate surface area is 174 Å².